The molecular weight excluding hydrogens is 216 g/mol. The van der Waals surface area contributed by atoms with E-state index in [1.165, 1.54) is 15.6 Å². The maximum absolute atomic E-state index is 4.78. The van der Waals surface area contributed by atoms with Crippen LogP contribution in [-0.4, -0.2) is 23.5 Å². The van der Waals surface area contributed by atoms with E-state index in [9.17, 15) is 0 Å². The van der Waals surface area contributed by atoms with E-state index in [4.69, 9.17) is 4.98 Å². The summed E-state index contributed by atoms with van der Waals surface area (Å²) in [5, 5.41) is 1.27. The highest BCUT2D eigenvalue weighted by Gasteiger charge is 2.21. The minimum absolute atomic E-state index is 0.178. The Morgan fingerprint density at radius 3 is 2.31 bits per heavy atom. The third-order valence-corrected chi connectivity index (χ3v) is 4.22. The molecule has 1 heterocycles. The summed E-state index contributed by atoms with van der Waals surface area (Å²) in [4.78, 5) is 8.55. The zero-order valence-electron chi connectivity index (χ0n) is 11.4. The lowest BCUT2D eigenvalue weighted by molar-refractivity contribution is 0.347. The van der Waals surface area contributed by atoms with Gasteiger partial charge in [-0.15, -0.1) is 11.3 Å². The van der Waals surface area contributed by atoms with Gasteiger partial charge in [-0.25, -0.2) is 4.98 Å². The van der Waals surface area contributed by atoms with Crippen LogP contribution in [-0.2, 0) is 18.4 Å². The van der Waals surface area contributed by atoms with Crippen LogP contribution in [0.15, 0.2) is 0 Å². The molecule has 0 aliphatic carbocycles. The number of rotatable bonds is 4. The summed E-state index contributed by atoms with van der Waals surface area (Å²) >= 11 is 1.88. The van der Waals surface area contributed by atoms with Crippen molar-refractivity contribution in [2.24, 2.45) is 0 Å². The van der Waals surface area contributed by atoms with Gasteiger partial charge in [0.25, 0.3) is 0 Å². The van der Waals surface area contributed by atoms with Crippen molar-refractivity contribution in [3.05, 3.63) is 15.6 Å². The smallest absolute Gasteiger partial charge is 0.0985 e. The first kappa shape index (κ1) is 13.7. The first-order valence-corrected chi connectivity index (χ1v) is 6.87. The fourth-order valence-corrected chi connectivity index (χ4v) is 2.75. The highest BCUT2D eigenvalue weighted by Crippen LogP contribution is 2.30. The van der Waals surface area contributed by atoms with Gasteiger partial charge in [0.1, 0.15) is 0 Å². The van der Waals surface area contributed by atoms with Gasteiger partial charge in [-0.1, -0.05) is 34.6 Å². The lowest BCUT2D eigenvalue weighted by Gasteiger charge is -2.14. The molecule has 0 aliphatic rings. The number of thiazole rings is 1. The monoisotopic (exact) mass is 240 g/mol. The maximum Gasteiger partial charge on any atom is 0.0985 e. The molecule has 0 N–H and O–H groups in total. The summed E-state index contributed by atoms with van der Waals surface area (Å²) in [6, 6.07) is 0. The van der Waals surface area contributed by atoms with Crippen LogP contribution < -0.4 is 0 Å². The molecule has 16 heavy (non-hydrogen) atoms. The molecule has 1 aromatic heterocycles. The second-order valence-electron chi connectivity index (χ2n) is 5.32. The minimum atomic E-state index is 0.178. The van der Waals surface area contributed by atoms with Crippen molar-refractivity contribution in [3.8, 4) is 0 Å². The topological polar surface area (TPSA) is 16.1 Å². The van der Waals surface area contributed by atoms with Gasteiger partial charge in [0, 0.05) is 16.8 Å². The van der Waals surface area contributed by atoms with Crippen LogP contribution in [0.25, 0.3) is 0 Å². The average molecular weight is 240 g/mol. The molecule has 1 rings (SSSR count). The Morgan fingerprint density at radius 2 is 1.88 bits per heavy atom. The van der Waals surface area contributed by atoms with Crippen molar-refractivity contribution >= 4 is 11.3 Å². The highest BCUT2D eigenvalue weighted by atomic mass is 32.1. The van der Waals surface area contributed by atoms with Crippen LogP contribution in [0.5, 0.6) is 0 Å². The molecule has 1 aromatic rings. The van der Waals surface area contributed by atoms with Gasteiger partial charge in [-0.2, -0.15) is 0 Å². The van der Waals surface area contributed by atoms with Gasteiger partial charge in [-0.3, -0.25) is 0 Å². The summed E-state index contributed by atoms with van der Waals surface area (Å²) in [5.74, 6) is 0. The van der Waals surface area contributed by atoms with Crippen molar-refractivity contribution in [1.29, 1.82) is 0 Å². The Hall–Kier alpha value is -0.410. The summed E-state index contributed by atoms with van der Waals surface area (Å²) in [6.45, 7) is 13.2. The summed E-state index contributed by atoms with van der Waals surface area (Å²) in [6.07, 6.45) is 1.04. The first-order chi connectivity index (χ1) is 7.38. The lowest BCUT2D eigenvalue weighted by atomic mass is 9.98. The predicted octanol–water partition coefficient (Wildman–Crippen LogP) is 3.45. The number of aryl methyl sites for hydroxylation is 1. The molecule has 0 radical (unpaired) electrons. The van der Waals surface area contributed by atoms with Crippen molar-refractivity contribution in [3.63, 3.8) is 0 Å². The molecular formula is C13H24N2S. The second-order valence-corrected chi connectivity index (χ2v) is 6.41. The largest absolute Gasteiger partial charge is 0.302 e. The molecule has 0 fully saturated rings. The minimum Gasteiger partial charge on any atom is -0.302 e. The van der Waals surface area contributed by atoms with E-state index >= 15 is 0 Å². The van der Waals surface area contributed by atoms with Crippen molar-refractivity contribution in [2.75, 3.05) is 13.6 Å². The standard InChI is InChI=1S/C13H24N2S/c1-7-10-11(9-15(6)8-2)16-12(14-10)13(3,4)5/h7-9H2,1-6H3. The predicted molar refractivity (Wildman–Crippen MR) is 72.2 cm³/mol. The van der Waals surface area contributed by atoms with Crippen LogP contribution in [0.4, 0.5) is 0 Å². The highest BCUT2D eigenvalue weighted by molar-refractivity contribution is 7.11. The maximum atomic E-state index is 4.78. The van der Waals surface area contributed by atoms with Crippen LogP contribution in [0.3, 0.4) is 0 Å². The lowest BCUT2D eigenvalue weighted by Crippen LogP contribution is -2.16. The molecule has 92 valence electrons. The van der Waals surface area contributed by atoms with E-state index < -0.39 is 0 Å². The van der Waals surface area contributed by atoms with Crippen molar-refractivity contribution in [1.82, 2.24) is 9.88 Å². The third-order valence-electron chi connectivity index (χ3n) is 2.71. The molecule has 3 heteroatoms. The molecule has 0 saturated heterocycles. The molecule has 0 aliphatic heterocycles. The Morgan fingerprint density at radius 1 is 1.25 bits per heavy atom. The zero-order chi connectivity index (χ0) is 12.3. The molecule has 0 aromatic carbocycles. The van der Waals surface area contributed by atoms with E-state index in [2.05, 4.69) is 46.6 Å². The van der Waals surface area contributed by atoms with Gasteiger partial charge in [-0.05, 0) is 20.0 Å². The van der Waals surface area contributed by atoms with E-state index in [-0.39, 0.29) is 5.41 Å². The second kappa shape index (κ2) is 5.28. The van der Waals surface area contributed by atoms with Gasteiger partial charge in [0.2, 0.25) is 0 Å². The number of hydrogen-bond acceptors (Lipinski definition) is 3. The molecule has 0 bridgehead atoms. The Labute approximate surface area is 104 Å². The van der Waals surface area contributed by atoms with Gasteiger partial charge in [0.05, 0.1) is 10.7 Å². The third kappa shape index (κ3) is 3.29. The van der Waals surface area contributed by atoms with Crippen LogP contribution in [0, 0.1) is 0 Å². The number of hydrogen-bond donors (Lipinski definition) is 0. The summed E-state index contributed by atoms with van der Waals surface area (Å²) in [7, 11) is 2.16. The van der Waals surface area contributed by atoms with Crippen LogP contribution in [0.2, 0.25) is 0 Å². The van der Waals surface area contributed by atoms with E-state index in [1.807, 2.05) is 11.3 Å². The van der Waals surface area contributed by atoms with Gasteiger partial charge in [0.15, 0.2) is 0 Å². The van der Waals surface area contributed by atoms with Gasteiger partial charge >= 0.3 is 0 Å². The van der Waals surface area contributed by atoms with E-state index in [0.29, 0.717) is 0 Å². The van der Waals surface area contributed by atoms with E-state index in [1.54, 1.807) is 0 Å². The first-order valence-electron chi connectivity index (χ1n) is 6.06. The zero-order valence-corrected chi connectivity index (χ0v) is 12.2. The number of nitrogens with zero attached hydrogens (tertiary/aromatic N) is 2. The Kier molecular flexibility index (Phi) is 4.51. The Bertz CT molecular complexity index is 336. The fourth-order valence-electron chi connectivity index (χ4n) is 1.46. The molecule has 0 atom stereocenters. The van der Waals surface area contributed by atoms with Gasteiger partial charge < -0.3 is 4.90 Å². The van der Waals surface area contributed by atoms with E-state index in [0.717, 1.165) is 19.5 Å². The molecule has 0 amide bonds. The van der Waals surface area contributed by atoms with Crippen LogP contribution >= 0.6 is 11.3 Å². The molecule has 2 nitrogen and oxygen atoms in total. The SMILES string of the molecule is CCc1nc(C(C)(C)C)sc1CN(C)CC. The quantitative estimate of drug-likeness (QED) is 0.801. The fraction of sp³-hybridized carbons (Fsp3) is 0.769. The Balaban J connectivity index is 2.95. The average Bonchev–Trinajstić information content (AvgIpc) is 2.60. The summed E-state index contributed by atoms with van der Waals surface area (Å²) in [5.41, 5.74) is 1.47. The normalized spacial score (nSPS) is 12.4. The summed E-state index contributed by atoms with van der Waals surface area (Å²) < 4.78 is 0. The molecule has 0 unspecified atom stereocenters. The van der Waals surface area contributed by atoms with Crippen molar-refractivity contribution < 1.29 is 0 Å². The molecule has 0 saturated carbocycles. The molecule has 0 spiro atoms. The van der Waals surface area contributed by atoms with Crippen molar-refractivity contribution in [2.45, 2.75) is 53.0 Å². The van der Waals surface area contributed by atoms with Crippen LogP contribution in [0.1, 0.15) is 50.2 Å². The number of aromatic nitrogens is 1.